The van der Waals surface area contributed by atoms with Gasteiger partial charge in [0, 0.05) is 29.2 Å². The highest BCUT2D eigenvalue weighted by Crippen LogP contribution is 2.39. The fraction of sp³-hybridized carbons (Fsp3) is 0.321. The number of imidazole rings is 1. The molecule has 2 aromatic carbocycles. The molecule has 0 amide bonds. The zero-order chi connectivity index (χ0) is 24.4. The number of pyridine rings is 1. The third-order valence-corrected chi connectivity index (χ3v) is 7.25. The van der Waals surface area contributed by atoms with Crippen LogP contribution in [0.25, 0.3) is 11.0 Å². The van der Waals surface area contributed by atoms with Crippen molar-refractivity contribution < 1.29 is 14.6 Å². The molecule has 4 aromatic rings. The van der Waals surface area contributed by atoms with E-state index in [1.54, 1.807) is 0 Å². The van der Waals surface area contributed by atoms with Crippen LogP contribution in [0, 0.1) is 12.8 Å². The van der Waals surface area contributed by atoms with E-state index in [9.17, 15) is 9.90 Å². The molecule has 5 rings (SSSR count). The molecule has 35 heavy (non-hydrogen) atoms. The summed E-state index contributed by atoms with van der Waals surface area (Å²) >= 11 is 3.57. The van der Waals surface area contributed by atoms with Crippen molar-refractivity contribution in [2.75, 3.05) is 0 Å². The number of carbonyl (C=O) groups is 1. The van der Waals surface area contributed by atoms with Crippen molar-refractivity contribution in [3.05, 3.63) is 87.9 Å². The van der Waals surface area contributed by atoms with Gasteiger partial charge in [0.1, 0.15) is 18.2 Å². The minimum atomic E-state index is -0.731. The highest BCUT2D eigenvalue weighted by molar-refractivity contribution is 9.10. The van der Waals surface area contributed by atoms with Gasteiger partial charge in [-0.1, -0.05) is 47.0 Å². The van der Waals surface area contributed by atoms with Crippen molar-refractivity contribution in [1.29, 1.82) is 0 Å². The molecule has 0 radical (unpaired) electrons. The Morgan fingerprint density at radius 2 is 2.00 bits per heavy atom. The predicted molar refractivity (Wildman–Crippen MR) is 139 cm³/mol. The van der Waals surface area contributed by atoms with E-state index in [0.29, 0.717) is 19.6 Å². The number of halogens is 1. The maximum Gasteiger partial charge on any atom is 0.307 e. The summed E-state index contributed by atoms with van der Waals surface area (Å²) in [7, 11) is 0. The van der Waals surface area contributed by atoms with E-state index < -0.39 is 11.9 Å². The lowest BCUT2D eigenvalue weighted by Gasteiger charge is -2.28. The van der Waals surface area contributed by atoms with E-state index in [4.69, 9.17) is 9.72 Å². The van der Waals surface area contributed by atoms with E-state index in [0.717, 1.165) is 63.2 Å². The second-order valence-corrected chi connectivity index (χ2v) is 10.2. The molecule has 6 nitrogen and oxygen atoms in total. The van der Waals surface area contributed by atoms with Gasteiger partial charge < -0.3 is 14.4 Å². The number of ether oxygens (including phenoxy) is 1. The van der Waals surface area contributed by atoms with Crippen LogP contribution in [0.3, 0.4) is 0 Å². The first-order chi connectivity index (χ1) is 17.0. The molecule has 180 valence electrons. The number of aromatic nitrogens is 3. The lowest BCUT2D eigenvalue weighted by atomic mass is 9.78. The summed E-state index contributed by atoms with van der Waals surface area (Å²) in [4.78, 5) is 21.5. The summed E-state index contributed by atoms with van der Waals surface area (Å²) in [6.07, 6.45) is 5.33. The van der Waals surface area contributed by atoms with Gasteiger partial charge in [-0.05, 0) is 61.2 Å². The maximum absolute atomic E-state index is 12.1. The first-order valence-electron chi connectivity index (χ1n) is 12.0. The number of hydrogen-bond acceptors (Lipinski definition) is 4. The molecule has 2 atom stereocenters. The minimum Gasteiger partial charge on any atom is -0.487 e. The maximum atomic E-state index is 12.1. The van der Waals surface area contributed by atoms with E-state index in [2.05, 4.69) is 37.6 Å². The van der Waals surface area contributed by atoms with Crippen LogP contribution in [0.4, 0.5) is 0 Å². The van der Waals surface area contributed by atoms with Gasteiger partial charge in [0.2, 0.25) is 0 Å². The van der Waals surface area contributed by atoms with Crippen molar-refractivity contribution in [2.24, 2.45) is 5.92 Å². The van der Waals surface area contributed by atoms with Gasteiger partial charge in [0.15, 0.2) is 0 Å². The van der Waals surface area contributed by atoms with Crippen LogP contribution < -0.4 is 4.74 Å². The van der Waals surface area contributed by atoms with Crippen molar-refractivity contribution in [3.8, 4) is 5.75 Å². The van der Waals surface area contributed by atoms with Crippen LogP contribution in [-0.4, -0.2) is 25.6 Å². The molecular weight excluding hydrogens is 506 g/mol. The standard InChI is InChI=1S/C28H28BrN3O3/c1-18-9-10-21(30-15-18)17-35-22-11-12-25-26(14-22)32(16-19-5-4-6-20(29)13-19)27(31-25)23-7-2-3-8-24(23)28(33)34/h4-6,9-15,23-24H,2-3,7-8,16-17H2,1H3,(H,33,34)/t23-,24-/m1/s1. The molecule has 1 saturated carbocycles. The summed E-state index contributed by atoms with van der Waals surface area (Å²) in [5.74, 6) is 0.335. The topological polar surface area (TPSA) is 77.2 Å². The quantitative estimate of drug-likeness (QED) is 0.293. The molecule has 0 spiro atoms. The summed E-state index contributed by atoms with van der Waals surface area (Å²) in [6.45, 7) is 3.00. The van der Waals surface area contributed by atoms with Gasteiger partial charge in [-0.2, -0.15) is 0 Å². The first-order valence-corrected chi connectivity index (χ1v) is 12.8. The molecule has 0 saturated heterocycles. The van der Waals surface area contributed by atoms with E-state index >= 15 is 0 Å². The van der Waals surface area contributed by atoms with Crippen molar-refractivity contribution >= 4 is 32.9 Å². The van der Waals surface area contributed by atoms with Crippen LogP contribution >= 0.6 is 15.9 Å². The van der Waals surface area contributed by atoms with Gasteiger partial charge in [-0.25, -0.2) is 4.98 Å². The summed E-state index contributed by atoms with van der Waals surface area (Å²) in [6, 6.07) is 18.1. The van der Waals surface area contributed by atoms with Crippen molar-refractivity contribution in [2.45, 2.75) is 51.7 Å². The molecule has 2 heterocycles. The molecule has 1 aliphatic carbocycles. The van der Waals surface area contributed by atoms with Crippen LogP contribution in [0.2, 0.25) is 0 Å². The predicted octanol–water partition coefficient (Wildman–Crippen LogP) is 6.49. The normalized spacial score (nSPS) is 18.0. The van der Waals surface area contributed by atoms with Crippen molar-refractivity contribution in [1.82, 2.24) is 14.5 Å². The average molecular weight is 534 g/mol. The van der Waals surface area contributed by atoms with E-state index in [1.807, 2.05) is 55.6 Å². The summed E-state index contributed by atoms with van der Waals surface area (Å²) in [5, 5.41) is 9.93. The molecule has 0 bridgehead atoms. The number of fused-ring (bicyclic) bond motifs is 1. The zero-order valence-electron chi connectivity index (χ0n) is 19.7. The number of rotatable bonds is 7. The molecule has 1 aliphatic rings. The Morgan fingerprint density at radius 3 is 2.77 bits per heavy atom. The van der Waals surface area contributed by atoms with Crippen molar-refractivity contribution in [3.63, 3.8) is 0 Å². The Balaban J connectivity index is 1.53. The third kappa shape index (κ3) is 5.25. The fourth-order valence-corrected chi connectivity index (χ4v) is 5.40. The lowest BCUT2D eigenvalue weighted by molar-refractivity contribution is -0.143. The SMILES string of the molecule is Cc1ccc(COc2ccc3nc([C@@H]4CCCC[C@H]4C(=O)O)n(Cc4cccc(Br)c4)c3c2)nc1. The Labute approximate surface area is 213 Å². The van der Waals surface area contributed by atoms with Crippen LogP contribution in [0.1, 0.15) is 54.2 Å². The molecule has 0 unspecified atom stereocenters. The number of carboxylic acid groups (broad SMARTS) is 1. The molecule has 1 fully saturated rings. The number of hydrogen-bond donors (Lipinski definition) is 1. The van der Waals surface area contributed by atoms with Gasteiger partial charge in [-0.15, -0.1) is 0 Å². The molecule has 0 aliphatic heterocycles. The van der Waals surface area contributed by atoms with E-state index in [1.165, 1.54) is 0 Å². The van der Waals surface area contributed by atoms with Crippen LogP contribution in [0.15, 0.2) is 65.3 Å². The largest absolute Gasteiger partial charge is 0.487 e. The Bertz CT molecular complexity index is 1350. The van der Waals surface area contributed by atoms with Crippen LogP contribution in [0.5, 0.6) is 5.75 Å². The highest BCUT2D eigenvalue weighted by Gasteiger charge is 2.35. The number of aliphatic carboxylic acids is 1. The Kier molecular flexibility index (Phi) is 6.86. The summed E-state index contributed by atoms with van der Waals surface area (Å²) < 4.78 is 9.26. The average Bonchev–Trinajstić information content (AvgIpc) is 3.21. The number of nitrogens with zero attached hydrogens (tertiary/aromatic N) is 3. The van der Waals surface area contributed by atoms with Gasteiger partial charge in [-0.3, -0.25) is 9.78 Å². The molecular formula is C28H28BrN3O3. The second kappa shape index (κ2) is 10.2. The summed E-state index contributed by atoms with van der Waals surface area (Å²) in [5.41, 5.74) is 4.90. The van der Waals surface area contributed by atoms with Crippen LogP contribution in [-0.2, 0) is 17.9 Å². The third-order valence-electron chi connectivity index (χ3n) is 6.75. The zero-order valence-corrected chi connectivity index (χ0v) is 21.2. The smallest absolute Gasteiger partial charge is 0.307 e. The Hall–Kier alpha value is -3.19. The molecule has 2 aromatic heterocycles. The minimum absolute atomic E-state index is 0.109. The first kappa shape index (κ1) is 23.5. The lowest BCUT2D eigenvalue weighted by Crippen LogP contribution is -2.27. The fourth-order valence-electron chi connectivity index (χ4n) is 4.95. The monoisotopic (exact) mass is 533 g/mol. The van der Waals surface area contributed by atoms with E-state index in [-0.39, 0.29) is 5.92 Å². The molecule has 7 heteroatoms. The number of benzene rings is 2. The highest BCUT2D eigenvalue weighted by atomic mass is 79.9. The van der Waals surface area contributed by atoms with Gasteiger partial charge >= 0.3 is 5.97 Å². The molecule has 1 N–H and O–H groups in total. The van der Waals surface area contributed by atoms with Gasteiger partial charge in [0.25, 0.3) is 0 Å². The number of aryl methyl sites for hydroxylation is 1. The van der Waals surface area contributed by atoms with Gasteiger partial charge in [0.05, 0.1) is 22.6 Å². The second-order valence-electron chi connectivity index (χ2n) is 9.29. The number of carboxylic acids is 1. The Morgan fingerprint density at radius 1 is 1.14 bits per heavy atom.